The Balaban J connectivity index is 0.000000127. The fourth-order valence-corrected chi connectivity index (χ4v) is 12.4. The molecule has 6 heterocycles. The van der Waals surface area contributed by atoms with Crippen molar-refractivity contribution in [3.63, 3.8) is 0 Å². The molecular weight excluding hydrogens is 1360 g/mol. The second-order valence-corrected chi connectivity index (χ2v) is 27.2. The highest BCUT2D eigenvalue weighted by Gasteiger charge is 2.07. The third-order valence-electron chi connectivity index (χ3n) is 18.5. The van der Waals surface area contributed by atoms with Crippen molar-refractivity contribution in [2.75, 3.05) is 0 Å². The zero-order valence-corrected chi connectivity index (χ0v) is 65.1. The number of aromatic nitrogens is 6. The summed E-state index contributed by atoms with van der Waals surface area (Å²) in [5.74, 6) is 0. The van der Waals surface area contributed by atoms with Crippen LogP contribution in [0.2, 0.25) is 0 Å². The van der Waals surface area contributed by atoms with Gasteiger partial charge in [-0.05, 0) is 198 Å². The van der Waals surface area contributed by atoms with Crippen LogP contribution in [-0.4, -0.2) is 29.9 Å². The number of rotatable bonds is 8. The molecule has 0 aliphatic rings. The summed E-state index contributed by atoms with van der Waals surface area (Å²) in [6.45, 7) is 16.7. The first-order valence-corrected chi connectivity index (χ1v) is 37.8. The zero-order chi connectivity index (χ0) is 77.9. The van der Waals surface area contributed by atoms with E-state index in [1.165, 1.54) is 127 Å². The van der Waals surface area contributed by atoms with Crippen LogP contribution in [-0.2, 0) is 0 Å². The van der Waals surface area contributed by atoms with Crippen LogP contribution in [0.15, 0.2) is 426 Å². The van der Waals surface area contributed by atoms with Crippen LogP contribution < -0.4 is 0 Å². The summed E-state index contributed by atoms with van der Waals surface area (Å²) in [6.07, 6.45) is 12.9. The number of pyridine rings is 6. The van der Waals surface area contributed by atoms with Gasteiger partial charge in [0.25, 0.3) is 0 Å². The summed E-state index contributed by atoms with van der Waals surface area (Å²) in [6, 6.07) is 131. The predicted molar refractivity (Wildman–Crippen MR) is 475 cm³/mol. The molecule has 0 N–H and O–H groups in total. The lowest BCUT2D eigenvalue weighted by molar-refractivity contribution is 1.21. The van der Waals surface area contributed by atoms with E-state index in [2.05, 4.69) is 332 Å². The van der Waals surface area contributed by atoms with Gasteiger partial charge >= 0.3 is 0 Å². The number of benzene rings is 12. The number of fused-ring (bicyclic) bond motifs is 2. The van der Waals surface area contributed by atoms with E-state index in [0.717, 1.165) is 28.5 Å². The second-order valence-electron chi connectivity index (χ2n) is 27.2. The summed E-state index contributed by atoms with van der Waals surface area (Å²) >= 11 is 0. The molecular formula is C106H94N6. The van der Waals surface area contributed by atoms with Crippen molar-refractivity contribution in [1.82, 2.24) is 29.9 Å². The molecule has 548 valence electrons. The molecule has 0 aliphatic carbocycles. The summed E-state index contributed by atoms with van der Waals surface area (Å²) in [5.41, 5.74) is 28.8. The molecule has 0 atom stereocenters. The minimum Gasteiger partial charge on any atom is -0.264 e. The maximum atomic E-state index is 4.44. The highest BCUT2D eigenvalue weighted by Crippen LogP contribution is 2.32. The fourth-order valence-electron chi connectivity index (χ4n) is 12.4. The Kier molecular flexibility index (Phi) is 29.7. The Morgan fingerprint density at radius 2 is 0.679 bits per heavy atom. The van der Waals surface area contributed by atoms with Gasteiger partial charge in [-0.3, -0.25) is 29.9 Å². The molecule has 18 aromatic rings. The third kappa shape index (κ3) is 24.0. The molecule has 0 bridgehead atoms. The van der Waals surface area contributed by atoms with Gasteiger partial charge in [-0.15, -0.1) is 0 Å². The molecule has 6 heteroatoms. The van der Waals surface area contributed by atoms with Crippen LogP contribution in [0.4, 0.5) is 0 Å². The normalized spacial score (nSPS) is 10.1. The topological polar surface area (TPSA) is 77.3 Å². The summed E-state index contributed by atoms with van der Waals surface area (Å²) in [4.78, 5) is 25.6. The minimum absolute atomic E-state index is 1.03. The smallest absolute Gasteiger partial charge is 0.0731 e. The number of nitrogens with zero attached hydrogens (tertiary/aromatic N) is 6. The first-order valence-electron chi connectivity index (χ1n) is 37.8. The summed E-state index contributed by atoms with van der Waals surface area (Å²) in [7, 11) is 0. The largest absolute Gasteiger partial charge is 0.264 e. The maximum absolute atomic E-state index is 4.44. The van der Waals surface area contributed by atoms with Crippen LogP contribution in [0.1, 0.15) is 44.6 Å². The van der Waals surface area contributed by atoms with Gasteiger partial charge in [-0.25, -0.2) is 0 Å². The van der Waals surface area contributed by atoms with Crippen molar-refractivity contribution in [3.05, 3.63) is 470 Å². The molecule has 6 nitrogen and oxygen atoms in total. The summed E-state index contributed by atoms with van der Waals surface area (Å²) < 4.78 is 0. The van der Waals surface area contributed by atoms with Gasteiger partial charge in [-0.2, -0.15) is 0 Å². The van der Waals surface area contributed by atoms with Crippen LogP contribution in [0.5, 0.6) is 0 Å². The monoisotopic (exact) mass is 1450 g/mol. The summed E-state index contributed by atoms with van der Waals surface area (Å²) in [5, 5.41) is 5.27. The fraction of sp³-hybridized carbons (Fsp3) is 0.0755. The molecule has 6 aromatic heterocycles. The van der Waals surface area contributed by atoms with Crippen LogP contribution in [0.3, 0.4) is 0 Å². The Morgan fingerprint density at radius 3 is 1.24 bits per heavy atom. The van der Waals surface area contributed by atoms with Crippen molar-refractivity contribution >= 4 is 21.5 Å². The number of aryl methyl sites for hydroxylation is 8. The van der Waals surface area contributed by atoms with Crippen LogP contribution in [0, 0.1) is 55.4 Å². The molecule has 0 fully saturated rings. The highest BCUT2D eigenvalue weighted by molar-refractivity contribution is 5.98. The van der Waals surface area contributed by atoms with Gasteiger partial charge in [-0.1, -0.05) is 339 Å². The molecule has 12 aromatic carbocycles. The Hall–Kier alpha value is -13.9. The van der Waals surface area contributed by atoms with Gasteiger partial charge in [0.05, 0.1) is 22.8 Å². The van der Waals surface area contributed by atoms with Crippen molar-refractivity contribution in [2.24, 2.45) is 0 Å². The standard InChI is InChI=1S/2C17H14.6C12H11N/c1-13-11-12-16(14-7-3-2-4-8-14)17-10-6-5-9-15(13)17;1-13-6-8-15(9-7-13)17-11-10-14-4-2-3-5-16(14)12-17;1-10-4-6-11(7-5-10)12-3-2-8-13-9-12;1-10-5-2-3-7-12(10)11-6-4-8-13-9-11;1-10-6-5-9-13-12(10)11-7-3-2-4-8-11;1-10-6-5-9-12(13-10)11-7-3-2-4-8-11;1-10-7-8-13-12(9-10)11-5-3-2-4-6-11;1-10-7-8-12(13-9-10)11-5-3-2-4-6-11/h2*2-12H,1H3;6*2-9H,1H3. The van der Waals surface area contributed by atoms with Gasteiger partial charge in [0, 0.05) is 76.9 Å². The van der Waals surface area contributed by atoms with Crippen LogP contribution in [0.25, 0.3) is 111 Å². The first-order chi connectivity index (χ1) is 54.9. The van der Waals surface area contributed by atoms with Crippen molar-refractivity contribution in [2.45, 2.75) is 55.4 Å². The zero-order valence-electron chi connectivity index (χ0n) is 65.1. The molecule has 112 heavy (non-hydrogen) atoms. The molecule has 0 aliphatic heterocycles. The molecule has 0 unspecified atom stereocenters. The number of hydrogen-bond donors (Lipinski definition) is 0. The lowest BCUT2D eigenvalue weighted by Crippen LogP contribution is -1.85. The van der Waals surface area contributed by atoms with Gasteiger partial charge in [0.1, 0.15) is 0 Å². The van der Waals surface area contributed by atoms with Gasteiger partial charge in [0.15, 0.2) is 0 Å². The second kappa shape index (κ2) is 42.0. The third-order valence-corrected chi connectivity index (χ3v) is 18.5. The SMILES string of the molecule is Cc1ccc(-c2ccc3ccccc3c2)cc1.Cc1ccc(-c2ccccc2)c2ccccc12.Cc1ccc(-c2ccccc2)nc1.Cc1ccc(-c2cccnc2)cc1.Cc1cccc(-c2ccccc2)n1.Cc1ccccc1-c1cccnc1.Cc1cccnc1-c1ccccc1.Cc1ccnc(-c2ccccc2)c1. The van der Waals surface area contributed by atoms with Crippen molar-refractivity contribution in [3.8, 4) is 89.5 Å². The van der Waals surface area contributed by atoms with E-state index in [4.69, 9.17) is 0 Å². The lowest BCUT2D eigenvalue weighted by atomic mass is 9.96. The molecule has 0 saturated carbocycles. The Morgan fingerprint density at radius 1 is 0.196 bits per heavy atom. The van der Waals surface area contributed by atoms with Crippen molar-refractivity contribution in [1.29, 1.82) is 0 Å². The van der Waals surface area contributed by atoms with Gasteiger partial charge in [0.2, 0.25) is 0 Å². The molecule has 0 radical (unpaired) electrons. The molecule has 0 saturated heterocycles. The average molecular weight is 1450 g/mol. The van der Waals surface area contributed by atoms with E-state index in [-0.39, 0.29) is 0 Å². The number of hydrogen-bond acceptors (Lipinski definition) is 6. The van der Waals surface area contributed by atoms with E-state index >= 15 is 0 Å². The lowest BCUT2D eigenvalue weighted by Gasteiger charge is -2.09. The van der Waals surface area contributed by atoms with Crippen LogP contribution >= 0.6 is 0 Å². The quantitative estimate of drug-likeness (QED) is 0.151. The molecule has 0 amide bonds. The van der Waals surface area contributed by atoms with E-state index < -0.39 is 0 Å². The average Bonchev–Trinajstić information content (AvgIpc) is 0.793. The highest BCUT2D eigenvalue weighted by atomic mass is 14.7. The predicted octanol–water partition coefficient (Wildman–Crippen LogP) is 28.0. The minimum atomic E-state index is 1.03. The van der Waals surface area contributed by atoms with Crippen molar-refractivity contribution < 1.29 is 0 Å². The van der Waals surface area contributed by atoms with Gasteiger partial charge < -0.3 is 0 Å². The molecule has 18 rings (SSSR count). The van der Waals surface area contributed by atoms with E-state index in [9.17, 15) is 0 Å². The van der Waals surface area contributed by atoms with E-state index in [0.29, 0.717) is 0 Å². The van der Waals surface area contributed by atoms with E-state index in [1.54, 1.807) is 12.4 Å². The maximum Gasteiger partial charge on any atom is 0.0731 e. The Labute approximate surface area is 662 Å². The molecule has 0 spiro atoms. The van der Waals surface area contributed by atoms with E-state index in [1.807, 2.05) is 166 Å². The first kappa shape index (κ1) is 79.1. The Bertz CT molecular complexity index is 5550.